The number of para-hydroxylation sites is 1. The van der Waals surface area contributed by atoms with Gasteiger partial charge in [-0.2, -0.15) is 11.8 Å². The van der Waals surface area contributed by atoms with Crippen LogP contribution in [0.15, 0.2) is 24.3 Å². The maximum Gasteiger partial charge on any atom is 0.148 e. The first-order valence-electron chi connectivity index (χ1n) is 5.74. The van der Waals surface area contributed by atoms with E-state index in [-0.39, 0.29) is 17.0 Å². The third kappa shape index (κ3) is 3.40. The quantitative estimate of drug-likeness (QED) is 0.902. The topological polar surface area (TPSA) is 69.4 Å². The summed E-state index contributed by atoms with van der Waals surface area (Å²) in [6.07, 6.45) is 1.25. The van der Waals surface area contributed by atoms with Gasteiger partial charge in [-0.1, -0.05) is 18.2 Å². The van der Waals surface area contributed by atoms with Crippen molar-refractivity contribution in [1.82, 2.24) is 0 Å². The highest BCUT2D eigenvalue weighted by molar-refractivity contribution is 8.01. The Morgan fingerprint density at radius 2 is 2.17 bits per heavy atom. The van der Waals surface area contributed by atoms with Crippen LogP contribution in [-0.2, 0) is 9.84 Å². The number of nitrogens with two attached hydrogens (primary N) is 1. The summed E-state index contributed by atoms with van der Waals surface area (Å²) in [7, 11) is -2.91. The Morgan fingerprint density at radius 3 is 2.89 bits per heavy atom. The van der Waals surface area contributed by atoms with E-state index in [1.807, 2.05) is 24.3 Å². The molecular weight excluding hydrogens is 270 g/mol. The van der Waals surface area contributed by atoms with E-state index < -0.39 is 9.84 Å². The van der Waals surface area contributed by atoms with E-state index in [0.717, 1.165) is 11.3 Å². The fourth-order valence-corrected chi connectivity index (χ4v) is 4.28. The minimum absolute atomic E-state index is 0.0977. The van der Waals surface area contributed by atoms with Crippen molar-refractivity contribution in [2.45, 2.75) is 11.3 Å². The molecule has 0 radical (unpaired) electrons. The van der Waals surface area contributed by atoms with Crippen molar-refractivity contribution in [3.63, 3.8) is 0 Å². The molecule has 0 saturated heterocycles. The van der Waals surface area contributed by atoms with Crippen molar-refractivity contribution in [1.29, 1.82) is 0 Å². The van der Waals surface area contributed by atoms with Gasteiger partial charge in [0.15, 0.2) is 0 Å². The summed E-state index contributed by atoms with van der Waals surface area (Å²) in [6.45, 7) is 0.534. The molecule has 0 aliphatic carbocycles. The highest BCUT2D eigenvalue weighted by Crippen LogP contribution is 2.35. The first kappa shape index (κ1) is 13.7. The first-order chi connectivity index (χ1) is 8.47. The zero-order chi connectivity index (χ0) is 13.2. The Bertz CT molecular complexity index is 516. The average molecular weight is 287 g/mol. The molecule has 2 N–H and O–H groups in total. The Labute approximate surface area is 112 Å². The van der Waals surface area contributed by atoms with Crippen LogP contribution in [-0.4, -0.2) is 38.0 Å². The van der Waals surface area contributed by atoms with Crippen molar-refractivity contribution < 1.29 is 13.2 Å². The molecule has 0 saturated carbocycles. The molecule has 100 valence electrons. The third-order valence-corrected chi connectivity index (χ3v) is 5.37. The average Bonchev–Trinajstić information content (AvgIpc) is 2.31. The molecule has 1 aromatic carbocycles. The summed E-state index contributed by atoms with van der Waals surface area (Å²) >= 11 is 1.57. The van der Waals surface area contributed by atoms with Crippen molar-refractivity contribution in [2.75, 3.05) is 24.4 Å². The van der Waals surface area contributed by atoms with Crippen LogP contribution in [0.3, 0.4) is 0 Å². The molecule has 0 bridgehead atoms. The third-order valence-electron chi connectivity index (χ3n) is 2.87. The Morgan fingerprint density at radius 1 is 1.44 bits per heavy atom. The maximum absolute atomic E-state index is 11.1. The fourth-order valence-electron chi connectivity index (χ4n) is 1.87. The molecule has 2 unspecified atom stereocenters. The summed E-state index contributed by atoms with van der Waals surface area (Å²) < 4.78 is 27.8. The number of sulfone groups is 1. The van der Waals surface area contributed by atoms with Gasteiger partial charge in [0.25, 0.3) is 0 Å². The predicted octanol–water partition coefficient (Wildman–Crippen LogP) is 1.23. The van der Waals surface area contributed by atoms with E-state index in [9.17, 15) is 8.42 Å². The molecule has 2 rings (SSSR count). The summed E-state index contributed by atoms with van der Waals surface area (Å²) in [6, 6.07) is 7.63. The van der Waals surface area contributed by atoms with Crippen molar-refractivity contribution >= 4 is 21.6 Å². The van der Waals surface area contributed by atoms with Gasteiger partial charge in [0.05, 0.1) is 11.0 Å². The Kier molecular flexibility index (Phi) is 4.19. The van der Waals surface area contributed by atoms with Crippen LogP contribution in [0.25, 0.3) is 0 Å². The molecule has 1 aliphatic heterocycles. The van der Waals surface area contributed by atoms with E-state index in [1.165, 1.54) is 6.26 Å². The molecule has 18 heavy (non-hydrogen) atoms. The second-order valence-electron chi connectivity index (χ2n) is 4.41. The SMILES string of the molecule is CS(=O)(=O)CCSC1COc2ccccc2C1N. The van der Waals surface area contributed by atoms with Gasteiger partial charge in [-0.05, 0) is 6.07 Å². The molecule has 1 heterocycles. The van der Waals surface area contributed by atoms with Crippen molar-refractivity contribution in [2.24, 2.45) is 5.73 Å². The molecule has 0 spiro atoms. The van der Waals surface area contributed by atoms with E-state index in [2.05, 4.69) is 0 Å². The van der Waals surface area contributed by atoms with Gasteiger partial charge >= 0.3 is 0 Å². The first-order valence-corrected chi connectivity index (χ1v) is 8.85. The molecule has 0 amide bonds. The standard InChI is InChI=1S/C12H17NO3S2/c1-18(14,15)7-6-17-11-8-16-10-5-3-2-4-9(10)12(11)13/h2-5,11-12H,6-8,13H2,1H3. The highest BCUT2D eigenvalue weighted by Gasteiger charge is 2.28. The molecule has 4 nitrogen and oxygen atoms in total. The van der Waals surface area contributed by atoms with E-state index in [4.69, 9.17) is 10.5 Å². The summed E-state index contributed by atoms with van der Waals surface area (Å²) in [4.78, 5) is 0. The zero-order valence-corrected chi connectivity index (χ0v) is 11.8. The predicted molar refractivity (Wildman–Crippen MR) is 74.8 cm³/mol. The van der Waals surface area contributed by atoms with Gasteiger partial charge in [-0.3, -0.25) is 0 Å². The number of thioether (sulfide) groups is 1. The van der Waals surface area contributed by atoms with Gasteiger partial charge in [0.1, 0.15) is 22.2 Å². The van der Waals surface area contributed by atoms with Crippen LogP contribution < -0.4 is 10.5 Å². The lowest BCUT2D eigenvalue weighted by molar-refractivity contribution is 0.276. The van der Waals surface area contributed by atoms with Crippen LogP contribution in [0.2, 0.25) is 0 Å². The van der Waals surface area contributed by atoms with Crippen LogP contribution in [0.5, 0.6) is 5.75 Å². The van der Waals surface area contributed by atoms with Gasteiger partial charge in [-0.15, -0.1) is 0 Å². The minimum Gasteiger partial charge on any atom is -0.492 e. The molecule has 2 atom stereocenters. The van der Waals surface area contributed by atoms with Gasteiger partial charge < -0.3 is 10.5 Å². The minimum atomic E-state index is -2.91. The second-order valence-corrected chi connectivity index (χ2v) is 8.02. The van der Waals surface area contributed by atoms with Crippen LogP contribution in [0.1, 0.15) is 11.6 Å². The fraction of sp³-hybridized carbons (Fsp3) is 0.500. The number of hydrogen-bond donors (Lipinski definition) is 1. The lowest BCUT2D eigenvalue weighted by atomic mass is 10.0. The van der Waals surface area contributed by atoms with Gasteiger partial charge in [0.2, 0.25) is 0 Å². The van der Waals surface area contributed by atoms with E-state index in [0.29, 0.717) is 12.4 Å². The molecule has 1 aliphatic rings. The summed E-state index contributed by atoms with van der Waals surface area (Å²) in [5.74, 6) is 1.58. The molecule has 1 aromatic rings. The molecule has 6 heteroatoms. The number of benzene rings is 1. The maximum atomic E-state index is 11.1. The lowest BCUT2D eigenvalue weighted by Crippen LogP contribution is -2.34. The highest BCUT2D eigenvalue weighted by atomic mass is 32.2. The monoisotopic (exact) mass is 287 g/mol. The van der Waals surface area contributed by atoms with Crippen molar-refractivity contribution in [3.8, 4) is 5.75 Å². The van der Waals surface area contributed by atoms with Crippen LogP contribution in [0, 0.1) is 0 Å². The normalized spacial score (nSPS) is 23.2. The molecule has 0 aromatic heterocycles. The van der Waals surface area contributed by atoms with E-state index >= 15 is 0 Å². The number of ether oxygens (including phenoxy) is 1. The second kappa shape index (κ2) is 5.50. The van der Waals surface area contributed by atoms with E-state index in [1.54, 1.807) is 11.8 Å². The summed E-state index contributed by atoms with van der Waals surface area (Å²) in [5, 5.41) is 0.113. The largest absolute Gasteiger partial charge is 0.492 e. The zero-order valence-electron chi connectivity index (χ0n) is 10.2. The number of hydrogen-bond acceptors (Lipinski definition) is 5. The lowest BCUT2D eigenvalue weighted by Gasteiger charge is -2.30. The number of fused-ring (bicyclic) bond motifs is 1. The summed E-state index contributed by atoms with van der Waals surface area (Å²) in [5.41, 5.74) is 7.19. The van der Waals surface area contributed by atoms with Gasteiger partial charge in [-0.25, -0.2) is 8.42 Å². The smallest absolute Gasteiger partial charge is 0.148 e. The van der Waals surface area contributed by atoms with Crippen LogP contribution in [0.4, 0.5) is 0 Å². The van der Waals surface area contributed by atoms with Crippen molar-refractivity contribution in [3.05, 3.63) is 29.8 Å². The van der Waals surface area contributed by atoms with Crippen LogP contribution >= 0.6 is 11.8 Å². The molecular formula is C12H17NO3S2. The van der Waals surface area contributed by atoms with Gasteiger partial charge in [0, 0.05) is 23.6 Å². The Hall–Kier alpha value is -0.720. The Balaban J connectivity index is 1.97. The molecule has 0 fully saturated rings. The number of rotatable bonds is 4.